The second-order valence-electron chi connectivity index (χ2n) is 6.66. The van der Waals surface area contributed by atoms with Crippen LogP contribution in [0.15, 0.2) is 15.9 Å². The van der Waals surface area contributed by atoms with Gasteiger partial charge in [0, 0.05) is 20.8 Å². The van der Waals surface area contributed by atoms with E-state index in [9.17, 15) is 0 Å². The summed E-state index contributed by atoms with van der Waals surface area (Å²) in [6.07, 6.45) is 5.87. The fourth-order valence-electron chi connectivity index (χ4n) is 5.21. The van der Waals surface area contributed by atoms with Crippen LogP contribution in [0.1, 0.15) is 31.1 Å². The minimum Gasteiger partial charge on any atom is -0.314 e. The molecule has 104 valence electrons. The smallest absolute Gasteiger partial charge is 0.0285 e. The van der Waals surface area contributed by atoms with Gasteiger partial charge in [0.1, 0.15) is 0 Å². The molecule has 3 fully saturated rings. The van der Waals surface area contributed by atoms with E-state index in [4.69, 9.17) is 0 Å². The van der Waals surface area contributed by atoms with E-state index in [0.29, 0.717) is 0 Å². The van der Waals surface area contributed by atoms with Gasteiger partial charge in [0.05, 0.1) is 0 Å². The van der Waals surface area contributed by atoms with Crippen molar-refractivity contribution in [2.75, 3.05) is 6.54 Å². The molecule has 3 aliphatic carbocycles. The van der Waals surface area contributed by atoms with Crippen LogP contribution in [0.3, 0.4) is 0 Å². The third-order valence-electron chi connectivity index (χ3n) is 5.77. The topological polar surface area (TPSA) is 12.0 Å². The molecule has 3 saturated carbocycles. The first-order valence-electron chi connectivity index (χ1n) is 7.74. The lowest BCUT2D eigenvalue weighted by molar-refractivity contribution is 0.367. The Morgan fingerprint density at radius 3 is 2.68 bits per heavy atom. The molecule has 19 heavy (non-hydrogen) atoms. The Hall–Kier alpha value is 0.140. The van der Waals surface area contributed by atoms with Crippen molar-refractivity contribution in [3.05, 3.63) is 20.8 Å². The normalized spacial score (nSPS) is 40.4. The number of rotatable bonds is 5. The lowest BCUT2D eigenvalue weighted by Gasteiger charge is -2.21. The molecule has 1 aromatic rings. The highest BCUT2D eigenvalue weighted by molar-refractivity contribution is 9.10. The molecule has 1 nitrogen and oxygen atoms in total. The third-order valence-corrected chi connectivity index (χ3v) is 7.49. The highest BCUT2D eigenvalue weighted by Gasteiger charge is 2.66. The van der Waals surface area contributed by atoms with E-state index in [1.807, 2.05) is 11.3 Å². The number of hydrogen-bond acceptors (Lipinski definition) is 2. The predicted octanol–water partition coefficient (Wildman–Crippen LogP) is 4.32. The average molecular weight is 340 g/mol. The molecule has 0 aromatic carbocycles. The van der Waals surface area contributed by atoms with Crippen LogP contribution in [0.25, 0.3) is 0 Å². The fourth-order valence-corrected chi connectivity index (χ4v) is 6.73. The van der Waals surface area contributed by atoms with Gasteiger partial charge in [-0.2, -0.15) is 0 Å². The molecule has 0 aliphatic heterocycles. The Labute approximate surface area is 128 Å². The summed E-state index contributed by atoms with van der Waals surface area (Å²) in [5.41, 5.74) is 0. The second kappa shape index (κ2) is 4.85. The van der Waals surface area contributed by atoms with Crippen LogP contribution in [0.5, 0.6) is 0 Å². The van der Waals surface area contributed by atoms with E-state index in [2.05, 4.69) is 39.6 Å². The minimum atomic E-state index is 0.731. The third kappa shape index (κ3) is 2.13. The van der Waals surface area contributed by atoms with Crippen molar-refractivity contribution in [1.29, 1.82) is 0 Å². The van der Waals surface area contributed by atoms with Gasteiger partial charge in [0.15, 0.2) is 0 Å². The summed E-state index contributed by atoms with van der Waals surface area (Å²) in [6, 6.07) is 3.04. The first-order valence-corrected chi connectivity index (χ1v) is 9.41. The Bertz CT molecular complexity index is 455. The zero-order valence-corrected chi connectivity index (χ0v) is 13.8. The minimum absolute atomic E-state index is 0.731. The zero-order chi connectivity index (χ0) is 13.0. The van der Waals surface area contributed by atoms with E-state index in [1.54, 1.807) is 6.42 Å². The van der Waals surface area contributed by atoms with E-state index in [-0.39, 0.29) is 0 Å². The van der Waals surface area contributed by atoms with Gasteiger partial charge in [-0.3, -0.25) is 0 Å². The van der Waals surface area contributed by atoms with Crippen LogP contribution >= 0.6 is 27.3 Å². The molecule has 1 N–H and O–H groups in total. The molecule has 4 rings (SSSR count). The molecule has 1 aromatic heterocycles. The number of nitrogens with one attached hydrogen (secondary N) is 1. The number of halogens is 1. The fraction of sp³-hybridized carbons (Fsp3) is 0.750. The van der Waals surface area contributed by atoms with Gasteiger partial charge in [-0.05, 0) is 83.8 Å². The van der Waals surface area contributed by atoms with Crippen LogP contribution in [-0.2, 0) is 6.42 Å². The van der Waals surface area contributed by atoms with Crippen molar-refractivity contribution in [3.8, 4) is 0 Å². The van der Waals surface area contributed by atoms with E-state index >= 15 is 0 Å². The van der Waals surface area contributed by atoms with Gasteiger partial charge < -0.3 is 5.32 Å². The highest BCUT2D eigenvalue weighted by atomic mass is 79.9. The zero-order valence-electron chi connectivity index (χ0n) is 11.4. The number of thiophene rings is 1. The molecule has 3 aliphatic rings. The first kappa shape index (κ1) is 12.8. The van der Waals surface area contributed by atoms with Crippen LogP contribution in [-0.4, -0.2) is 12.6 Å². The molecule has 0 saturated heterocycles. The van der Waals surface area contributed by atoms with Gasteiger partial charge in [0.2, 0.25) is 0 Å². The summed E-state index contributed by atoms with van der Waals surface area (Å²) >= 11 is 5.49. The molecule has 5 unspecified atom stereocenters. The van der Waals surface area contributed by atoms with E-state index in [0.717, 1.165) is 42.2 Å². The van der Waals surface area contributed by atoms with Crippen LogP contribution in [0.4, 0.5) is 0 Å². The van der Waals surface area contributed by atoms with Gasteiger partial charge in [-0.25, -0.2) is 0 Å². The summed E-state index contributed by atoms with van der Waals surface area (Å²) < 4.78 is 1.25. The number of likely N-dealkylation sites (N-methyl/N-ethyl adjacent to an activating group) is 1. The molecule has 2 bridgehead atoms. The van der Waals surface area contributed by atoms with Gasteiger partial charge in [-0.1, -0.05) is 6.92 Å². The average Bonchev–Trinajstić information content (AvgIpc) is 2.74. The standard InChI is InChI=1S/C16H22BrNS/c1-2-18-13(7-12-6-11(17)8-19-12)16-14-9-3-4-10(5-9)15(14)16/h6,8-10,13-16,18H,2-5,7H2,1H3. The van der Waals surface area contributed by atoms with Crippen molar-refractivity contribution in [3.63, 3.8) is 0 Å². The van der Waals surface area contributed by atoms with Crippen molar-refractivity contribution < 1.29 is 0 Å². The van der Waals surface area contributed by atoms with Gasteiger partial charge >= 0.3 is 0 Å². The van der Waals surface area contributed by atoms with Crippen LogP contribution in [0, 0.1) is 29.6 Å². The molecule has 3 heteroatoms. The maximum absolute atomic E-state index is 3.79. The van der Waals surface area contributed by atoms with Crippen LogP contribution in [0.2, 0.25) is 0 Å². The van der Waals surface area contributed by atoms with E-state index in [1.165, 1.54) is 28.6 Å². The Morgan fingerprint density at radius 2 is 2.11 bits per heavy atom. The molecular weight excluding hydrogens is 318 g/mol. The van der Waals surface area contributed by atoms with Crippen molar-refractivity contribution in [1.82, 2.24) is 5.32 Å². The summed E-state index contributed by atoms with van der Waals surface area (Å²) in [4.78, 5) is 1.54. The SMILES string of the molecule is CCNC(Cc1cc(Br)cs1)C1C2C3CCC(C3)C21. The van der Waals surface area contributed by atoms with Crippen LogP contribution < -0.4 is 5.32 Å². The Balaban J connectivity index is 1.47. The summed E-state index contributed by atoms with van der Waals surface area (Å²) in [7, 11) is 0. The molecule has 0 radical (unpaired) electrons. The lowest BCUT2D eigenvalue weighted by Crippen LogP contribution is -2.35. The molecular formula is C16H22BrNS. The monoisotopic (exact) mass is 339 g/mol. The maximum Gasteiger partial charge on any atom is 0.0285 e. The van der Waals surface area contributed by atoms with Gasteiger partial charge in [0.25, 0.3) is 0 Å². The summed E-state index contributed by atoms with van der Waals surface area (Å²) in [5, 5.41) is 6.01. The van der Waals surface area contributed by atoms with Crippen molar-refractivity contribution >= 4 is 27.3 Å². The van der Waals surface area contributed by atoms with Crippen molar-refractivity contribution in [2.45, 2.75) is 38.6 Å². The largest absolute Gasteiger partial charge is 0.314 e. The van der Waals surface area contributed by atoms with Crippen molar-refractivity contribution in [2.24, 2.45) is 29.6 Å². The van der Waals surface area contributed by atoms with Gasteiger partial charge in [-0.15, -0.1) is 11.3 Å². The summed E-state index contributed by atoms with van der Waals surface area (Å²) in [5.74, 6) is 5.36. The molecule has 5 atom stereocenters. The quantitative estimate of drug-likeness (QED) is 0.842. The van der Waals surface area contributed by atoms with E-state index < -0.39 is 0 Å². The number of hydrogen-bond donors (Lipinski definition) is 1. The maximum atomic E-state index is 3.79. The lowest BCUT2D eigenvalue weighted by atomic mass is 9.95. The predicted molar refractivity (Wildman–Crippen MR) is 84.5 cm³/mol. The summed E-state index contributed by atoms with van der Waals surface area (Å²) in [6.45, 7) is 3.37. The Kier molecular flexibility index (Phi) is 3.28. The second-order valence-corrected chi connectivity index (χ2v) is 8.58. The first-order chi connectivity index (χ1) is 9.28. The molecule has 1 heterocycles. The molecule has 0 spiro atoms. The Morgan fingerprint density at radius 1 is 1.37 bits per heavy atom. The highest BCUT2D eigenvalue weighted by Crippen LogP contribution is 2.70. The molecule has 0 amide bonds. The number of fused-ring (bicyclic) bond motifs is 5.